The fourth-order valence-corrected chi connectivity index (χ4v) is 2.65. The summed E-state index contributed by atoms with van der Waals surface area (Å²) in [6.45, 7) is 3.31. The minimum atomic E-state index is -0.678. The normalized spacial score (nSPS) is 18.0. The van der Waals surface area contributed by atoms with E-state index in [0.717, 1.165) is 25.1 Å². The average Bonchev–Trinajstić information content (AvgIpc) is 2.89. The first-order valence-electron chi connectivity index (χ1n) is 6.82. The number of benzene rings is 1. The lowest BCUT2D eigenvalue weighted by atomic mass is 10.1. The largest absolute Gasteiger partial charge is 0.338 e. The molecule has 114 valence electrons. The molecular formula is C14H18FN3O3. The lowest BCUT2D eigenvalue weighted by molar-refractivity contribution is -0.385. The van der Waals surface area contributed by atoms with Crippen molar-refractivity contribution in [3.05, 3.63) is 39.2 Å². The molecule has 0 aliphatic carbocycles. The molecule has 1 aliphatic rings. The molecule has 1 amide bonds. The number of halogens is 1. The SMILES string of the molecule is CNCC1CCN(C(=O)c2cc([N+](=O)[O-])cc(C)c2F)C1. The molecule has 1 saturated heterocycles. The Balaban J connectivity index is 2.25. The number of nitrogens with zero attached hydrogens (tertiary/aromatic N) is 2. The molecule has 1 heterocycles. The first-order valence-corrected chi connectivity index (χ1v) is 6.82. The molecular weight excluding hydrogens is 277 g/mol. The number of rotatable bonds is 4. The highest BCUT2D eigenvalue weighted by molar-refractivity contribution is 5.95. The number of hydrogen-bond donors (Lipinski definition) is 1. The highest BCUT2D eigenvalue weighted by Gasteiger charge is 2.29. The third-order valence-electron chi connectivity index (χ3n) is 3.75. The summed E-state index contributed by atoms with van der Waals surface area (Å²) in [5.41, 5.74) is -0.367. The van der Waals surface area contributed by atoms with Gasteiger partial charge in [0, 0.05) is 25.2 Å². The molecule has 0 aromatic heterocycles. The summed E-state index contributed by atoms with van der Waals surface area (Å²) in [6, 6.07) is 2.16. The van der Waals surface area contributed by atoms with E-state index in [1.807, 2.05) is 7.05 Å². The van der Waals surface area contributed by atoms with E-state index in [2.05, 4.69) is 5.32 Å². The zero-order valence-electron chi connectivity index (χ0n) is 12.1. The van der Waals surface area contributed by atoms with E-state index in [4.69, 9.17) is 0 Å². The van der Waals surface area contributed by atoms with E-state index in [1.165, 1.54) is 6.92 Å². The maximum atomic E-state index is 14.1. The first-order chi connectivity index (χ1) is 9.93. The number of aryl methyl sites for hydroxylation is 1. The van der Waals surface area contributed by atoms with Gasteiger partial charge in [-0.2, -0.15) is 0 Å². The molecule has 0 radical (unpaired) electrons. The quantitative estimate of drug-likeness (QED) is 0.678. The third-order valence-corrected chi connectivity index (χ3v) is 3.75. The van der Waals surface area contributed by atoms with Gasteiger partial charge >= 0.3 is 0 Å². The molecule has 1 unspecified atom stereocenters. The van der Waals surface area contributed by atoms with Gasteiger partial charge < -0.3 is 10.2 Å². The number of non-ortho nitro benzene ring substituents is 1. The maximum absolute atomic E-state index is 14.1. The summed E-state index contributed by atoms with van der Waals surface area (Å²) < 4.78 is 14.1. The van der Waals surface area contributed by atoms with Crippen LogP contribution in [0.1, 0.15) is 22.3 Å². The van der Waals surface area contributed by atoms with Crippen LogP contribution in [0.4, 0.5) is 10.1 Å². The number of amides is 1. The lowest BCUT2D eigenvalue weighted by Gasteiger charge is -2.17. The van der Waals surface area contributed by atoms with Crippen LogP contribution in [0.2, 0.25) is 0 Å². The van der Waals surface area contributed by atoms with Gasteiger partial charge in [0.05, 0.1) is 10.5 Å². The van der Waals surface area contributed by atoms with Crippen LogP contribution in [0.15, 0.2) is 12.1 Å². The summed E-state index contributed by atoms with van der Waals surface area (Å²) in [6.07, 6.45) is 0.849. The molecule has 1 aromatic rings. The van der Waals surface area contributed by atoms with Crippen LogP contribution >= 0.6 is 0 Å². The topological polar surface area (TPSA) is 75.5 Å². The van der Waals surface area contributed by atoms with Crippen molar-refractivity contribution >= 4 is 11.6 Å². The second kappa shape index (κ2) is 6.17. The van der Waals surface area contributed by atoms with Crippen LogP contribution in [0.25, 0.3) is 0 Å². The smallest absolute Gasteiger partial charge is 0.270 e. The standard InChI is InChI=1S/C14H18FN3O3/c1-9-5-11(18(20)21)6-12(13(9)15)14(19)17-4-3-10(8-17)7-16-2/h5-6,10,16H,3-4,7-8H2,1-2H3. The predicted molar refractivity (Wildman–Crippen MR) is 75.7 cm³/mol. The molecule has 1 atom stereocenters. The second-order valence-electron chi connectivity index (χ2n) is 5.34. The van der Waals surface area contributed by atoms with Crippen molar-refractivity contribution in [2.24, 2.45) is 5.92 Å². The Morgan fingerprint density at radius 1 is 1.57 bits per heavy atom. The predicted octanol–water partition coefficient (Wildman–Crippen LogP) is 1.72. The van der Waals surface area contributed by atoms with E-state index in [0.29, 0.717) is 19.0 Å². The van der Waals surface area contributed by atoms with Crippen LogP contribution in [0, 0.1) is 28.8 Å². The first kappa shape index (κ1) is 15.4. The van der Waals surface area contributed by atoms with Gasteiger partial charge in [0.25, 0.3) is 11.6 Å². The highest BCUT2D eigenvalue weighted by Crippen LogP contribution is 2.24. The number of nitro groups is 1. The molecule has 0 saturated carbocycles. The van der Waals surface area contributed by atoms with Crippen molar-refractivity contribution in [1.29, 1.82) is 0 Å². The summed E-state index contributed by atoms with van der Waals surface area (Å²) in [4.78, 5) is 24.2. The van der Waals surface area contributed by atoms with E-state index < -0.39 is 16.6 Å². The van der Waals surface area contributed by atoms with Gasteiger partial charge in [0.2, 0.25) is 0 Å². The van der Waals surface area contributed by atoms with Crippen molar-refractivity contribution in [1.82, 2.24) is 10.2 Å². The van der Waals surface area contributed by atoms with E-state index in [1.54, 1.807) is 4.90 Å². The fourth-order valence-electron chi connectivity index (χ4n) is 2.65. The molecule has 1 aromatic carbocycles. The zero-order chi connectivity index (χ0) is 15.6. The summed E-state index contributed by atoms with van der Waals surface area (Å²) in [7, 11) is 1.84. The number of hydrogen-bond acceptors (Lipinski definition) is 4. The molecule has 7 heteroatoms. The van der Waals surface area contributed by atoms with Gasteiger partial charge in [-0.3, -0.25) is 14.9 Å². The van der Waals surface area contributed by atoms with E-state index >= 15 is 0 Å². The number of likely N-dealkylation sites (tertiary alicyclic amines) is 1. The van der Waals surface area contributed by atoms with E-state index in [9.17, 15) is 19.3 Å². The number of nitrogens with one attached hydrogen (secondary N) is 1. The van der Waals surface area contributed by atoms with Crippen LogP contribution in [0.5, 0.6) is 0 Å². The summed E-state index contributed by atoms with van der Waals surface area (Å²) in [5.74, 6) is -0.817. The maximum Gasteiger partial charge on any atom is 0.270 e. The van der Waals surface area contributed by atoms with Gasteiger partial charge in [-0.1, -0.05) is 0 Å². The average molecular weight is 295 g/mol. The van der Waals surface area contributed by atoms with Gasteiger partial charge in [-0.05, 0) is 38.4 Å². The Morgan fingerprint density at radius 2 is 2.29 bits per heavy atom. The summed E-state index contributed by atoms with van der Waals surface area (Å²) >= 11 is 0. The van der Waals surface area contributed by atoms with Crippen molar-refractivity contribution in [2.75, 3.05) is 26.7 Å². The van der Waals surface area contributed by atoms with Gasteiger partial charge in [0.15, 0.2) is 0 Å². The van der Waals surface area contributed by atoms with Crippen LogP contribution in [-0.2, 0) is 0 Å². The lowest BCUT2D eigenvalue weighted by Crippen LogP contribution is -2.31. The van der Waals surface area contributed by atoms with Gasteiger partial charge in [-0.15, -0.1) is 0 Å². The van der Waals surface area contributed by atoms with Crippen molar-refractivity contribution in [3.8, 4) is 0 Å². The van der Waals surface area contributed by atoms with Gasteiger partial charge in [-0.25, -0.2) is 4.39 Å². The molecule has 0 spiro atoms. The Kier molecular flexibility index (Phi) is 4.52. The minimum Gasteiger partial charge on any atom is -0.338 e. The van der Waals surface area contributed by atoms with Crippen molar-refractivity contribution < 1.29 is 14.1 Å². The van der Waals surface area contributed by atoms with Crippen molar-refractivity contribution in [2.45, 2.75) is 13.3 Å². The molecule has 1 aliphatic heterocycles. The Hall–Kier alpha value is -2.02. The molecule has 1 fully saturated rings. The molecule has 1 N–H and O–H groups in total. The van der Waals surface area contributed by atoms with Crippen LogP contribution in [0.3, 0.4) is 0 Å². The van der Waals surface area contributed by atoms with Crippen molar-refractivity contribution in [3.63, 3.8) is 0 Å². The number of carbonyl (C=O) groups is 1. The number of carbonyl (C=O) groups excluding carboxylic acids is 1. The van der Waals surface area contributed by atoms with Crippen LogP contribution in [-0.4, -0.2) is 42.4 Å². The minimum absolute atomic E-state index is 0.110. The number of nitro benzene ring substituents is 1. The van der Waals surface area contributed by atoms with Gasteiger partial charge in [0.1, 0.15) is 5.82 Å². The molecule has 6 nitrogen and oxygen atoms in total. The third kappa shape index (κ3) is 3.18. The Labute approximate surface area is 122 Å². The Bertz CT molecular complexity index is 577. The molecule has 0 bridgehead atoms. The molecule has 21 heavy (non-hydrogen) atoms. The van der Waals surface area contributed by atoms with Crippen LogP contribution < -0.4 is 5.32 Å². The molecule has 2 rings (SSSR count). The monoisotopic (exact) mass is 295 g/mol. The van der Waals surface area contributed by atoms with E-state index in [-0.39, 0.29) is 16.8 Å². The highest BCUT2D eigenvalue weighted by atomic mass is 19.1. The Morgan fingerprint density at radius 3 is 2.90 bits per heavy atom. The fraction of sp³-hybridized carbons (Fsp3) is 0.500. The second-order valence-corrected chi connectivity index (χ2v) is 5.34. The summed E-state index contributed by atoms with van der Waals surface area (Å²) in [5, 5.41) is 13.9. The zero-order valence-corrected chi connectivity index (χ0v) is 12.1.